The molecule has 2 N–H and O–H groups in total. The summed E-state index contributed by atoms with van der Waals surface area (Å²) in [6.07, 6.45) is 6.93. The van der Waals surface area contributed by atoms with Gasteiger partial charge in [-0.05, 0) is 70.1 Å². The molecule has 1 amide bonds. The fourth-order valence-electron chi connectivity index (χ4n) is 3.35. The van der Waals surface area contributed by atoms with Crippen molar-refractivity contribution in [3.05, 3.63) is 0 Å². The molecule has 2 saturated heterocycles. The summed E-state index contributed by atoms with van der Waals surface area (Å²) < 4.78 is 0. The Hall–Kier alpha value is -0.610. The molecule has 1 unspecified atom stereocenters. The molecule has 116 valence electrons. The molecule has 2 rings (SSSR count). The van der Waals surface area contributed by atoms with Crippen LogP contribution in [0.4, 0.5) is 0 Å². The molecular formula is C16H31N3O. The van der Waals surface area contributed by atoms with Crippen LogP contribution in [0.2, 0.25) is 0 Å². The molecule has 0 aromatic heterocycles. The van der Waals surface area contributed by atoms with Crippen molar-refractivity contribution in [2.24, 2.45) is 11.8 Å². The predicted molar refractivity (Wildman–Crippen MR) is 82.7 cm³/mol. The Morgan fingerprint density at radius 3 is 2.70 bits per heavy atom. The van der Waals surface area contributed by atoms with E-state index in [1.54, 1.807) is 0 Å². The van der Waals surface area contributed by atoms with Gasteiger partial charge in [-0.2, -0.15) is 0 Å². The van der Waals surface area contributed by atoms with Gasteiger partial charge in [0.05, 0.1) is 0 Å². The number of likely N-dealkylation sites (tertiary alicyclic amines) is 1. The maximum atomic E-state index is 11.9. The van der Waals surface area contributed by atoms with Crippen LogP contribution in [0, 0.1) is 11.8 Å². The van der Waals surface area contributed by atoms with Gasteiger partial charge in [0.1, 0.15) is 0 Å². The molecule has 4 nitrogen and oxygen atoms in total. The van der Waals surface area contributed by atoms with E-state index < -0.39 is 0 Å². The van der Waals surface area contributed by atoms with Gasteiger partial charge in [-0.25, -0.2) is 0 Å². The summed E-state index contributed by atoms with van der Waals surface area (Å²) in [5.41, 5.74) is 0. The molecule has 20 heavy (non-hydrogen) atoms. The lowest BCUT2D eigenvalue weighted by Crippen LogP contribution is -2.35. The molecule has 2 fully saturated rings. The zero-order chi connectivity index (χ0) is 14.2. The number of amides is 1. The maximum absolute atomic E-state index is 11.9. The van der Waals surface area contributed by atoms with Crippen LogP contribution in [0.25, 0.3) is 0 Å². The summed E-state index contributed by atoms with van der Waals surface area (Å²) in [7, 11) is 0. The van der Waals surface area contributed by atoms with E-state index in [-0.39, 0.29) is 5.91 Å². The summed E-state index contributed by atoms with van der Waals surface area (Å²) in [4.78, 5) is 14.4. The van der Waals surface area contributed by atoms with E-state index in [4.69, 9.17) is 0 Å². The van der Waals surface area contributed by atoms with Gasteiger partial charge in [0.15, 0.2) is 0 Å². The number of hydrogen-bond donors (Lipinski definition) is 2. The average molecular weight is 281 g/mol. The second-order valence-corrected chi connectivity index (χ2v) is 6.65. The van der Waals surface area contributed by atoms with Gasteiger partial charge in [0.25, 0.3) is 0 Å². The third-order valence-electron chi connectivity index (χ3n) is 4.65. The Morgan fingerprint density at radius 2 is 2.00 bits per heavy atom. The van der Waals surface area contributed by atoms with Crippen LogP contribution in [-0.2, 0) is 4.79 Å². The molecule has 2 aliphatic rings. The number of hydrogen-bond acceptors (Lipinski definition) is 3. The molecule has 0 aliphatic carbocycles. The van der Waals surface area contributed by atoms with Crippen LogP contribution in [-0.4, -0.2) is 50.1 Å². The van der Waals surface area contributed by atoms with Crippen LogP contribution in [0.1, 0.15) is 45.4 Å². The second kappa shape index (κ2) is 8.63. The molecular weight excluding hydrogens is 250 g/mol. The lowest BCUT2D eigenvalue weighted by atomic mass is 9.93. The topological polar surface area (TPSA) is 44.4 Å². The minimum Gasteiger partial charge on any atom is -0.356 e. The third-order valence-corrected chi connectivity index (χ3v) is 4.65. The van der Waals surface area contributed by atoms with Crippen molar-refractivity contribution in [1.82, 2.24) is 15.5 Å². The Bertz CT molecular complexity index is 283. The monoisotopic (exact) mass is 281 g/mol. The van der Waals surface area contributed by atoms with Gasteiger partial charge < -0.3 is 15.5 Å². The van der Waals surface area contributed by atoms with E-state index in [9.17, 15) is 4.79 Å². The first-order valence-corrected chi connectivity index (χ1v) is 8.44. The van der Waals surface area contributed by atoms with Crippen molar-refractivity contribution in [2.75, 3.05) is 39.3 Å². The molecule has 0 aromatic rings. The Balaban J connectivity index is 1.52. The Labute approximate surface area is 123 Å². The first kappa shape index (κ1) is 15.8. The van der Waals surface area contributed by atoms with E-state index in [0.29, 0.717) is 12.3 Å². The van der Waals surface area contributed by atoms with E-state index in [1.165, 1.54) is 38.8 Å². The summed E-state index contributed by atoms with van der Waals surface area (Å²) >= 11 is 0. The van der Waals surface area contributed by atoms with Crippen molar-refractivity contribution in [1.29, 1.82) is 0 Å². The van der Waals surface area contributed by atoms with Crippen molar-refractivity contribution in [3.63, 3.8) is 0 Å². The molecule has 0 saturated carbocycles. The summed E-state index contributed by atoms with van der Waals surface area (Å²) in [6, 6.07) is 0. The quantitative estimate of drug-likeness (QED) is 0.745. The third kappa shape index (κ3) is 5.80. The second-order valence-electron chi connectivity index (χ2n) is 6.65. The van der Waals surface area contributed by atoms with E-state index in [1.807, 2.05) is 0 Å². The standard InChI is InChI=1S/C16H31N3O/c1-14(13-19-10-2-3-11-19)12-18-16(20)5-4-15-6-8-17-9-7-15/h14-15,17H,2-13H2,1H3,(H,18,20). The summed E-state index contributed by atoms with van der Waals surface area (Å²) in [5.74, 6) is 1.57. The SMILES string of the molecule is CC(CNC(=O)CCC1CCNCC1)CN1CCCC1. The highest BCUT2D eigenvalue weighted by molar-refractivity contribution is 5.75. The molecule has 0 spiro atoms. The number of nitrogens with one attached hydrogen (secondary N) is 2. The molecule has 0 aromatic carbocycles. The van der Waals surface area contributed by atoms with Crippen molar-refractivity contribution >= 4 is 5.91 Å². The number of piperidine rings is 1. The first-order chi connectivity index (χ1) is 9.74. The van der Waals surface area contributed by atoms with Gasteiger partial charge in [-0.15, -0.1) is 0 Å². The number of carbonyl (C=O) groups is 1. The van der Waals surface area contributed by atoms with Crippen molar-refractivity contribution < 1.29 is 4.79 Å². The van der Waals surface area contributed by atoms with Crippen LogP contribution in [0.5, 0.6) is 0 Å². The lowest BCUT2D eigenvalue weighted by Gasteiger charge is -2.23. The normalized spacial score (nSPS) is 22.9. The minimum atomic E-state index is 0.247. The molecule has 4 heteroatoms. The first-order valence-electron chi connectivity index (χ1n) is 8.44. The lowest BCUT2D eigenvalue weighted by molar-refractivity contribution is -0.121. The predicted octanol–water partition coefficient (Wildman–Crippen LogP) is 1.61. The Kier molecular flexibility index (Phi) is 6.80. The zero-order valence-corrected chi connectivity index (χ0v) is 13.0. The smallest absolute Gasteiger partial charge is 0.220 e. The fourth-order valence-corrected chi connectivity index (χ4v) is 3.35. The van der Waals surface area contributed by atoms with Gasteiger partial charge in [0, 0.05) is 19.5 Å². The molecule has 2 aliphatic heterocycles. The number of nitrogens with zero attached hydrogens (tertiary/aromatic N) is 1. The van der Waals surface area contributed by atoms with Crippen molar-refractivity contribution in [3.8, 4) is 0 Å². The number of carbonyl (C=O) groups excluding carboxylic acids is 1. The van der Waals surface area contributed by atoms with Crippen molar-refractivity contribution in [2.45, 2.75) is 45.4 Å². The molecule has 0 radical (unpaired) electrons. The van der Waals surface area contributed by atoms with Crippen LogP contribution in [0.3, 0.4) is 0 Å². The van der Waals surface area contributed by atoms with Gasteiger partial charge in [-0.3, -0.25) is 4.79 Å². The molecule has 1 atom stereocenters. The van der Waals surface area contributed by atoms with Gasteiger partial charge in [0.2, 0.25) is 5.91 Å². The number of rotatable bonds is 7. The van der Waals surface area contributed by atoms with E-state index >= 15 is 0 Å². The van der Waals surface area contributed by atoms with E-state index in [2.05, 4.69) is 22.5 Å². The van der Waals surface area contributed by atoms with Gasteiger partial charge >= 0.3 is 0 Å². The zero-order valence-electron chi connectivity index (χ0n) is 13.0. The van der Waals surface area contributed by atoms with Crippen LogP contribution in [0.15, 0.2) is 0 Å². The largest absolute Gasteiger partial charge is 0.356 e. The highest BCUT2D eigenvalue weighted by atomic mass is 16.1. The van der Waals surface area contributed by atoms with Crippen LogP contribution >= 0.6 is 0 Å². The van der Waals surface area contributed by atoms with Gasteiger partial charge in [-0.1, -0.05) is 6.92 Å². The molecule has 2 heterocycles. The summed E-state index contributed by atoms with van der Waals surface area (Å²) in [6.45, 7) is 8.95. The average Bonchev–Trinajstić information content (AvgIpc) is 2.97. The maximum Gasteiger partial charge on any atom is 0.220 e. The molecule has 0 bridgehead atoms. The highest BCUT2D eigenvalue weighted by Crippen LogP contribution is 2.17. The summed E-state index contributed by atoms with van der Waals surface area (Å²) in [5, 5.41) is 6.49. The van der Waals surface area contributed by atoms with Crippen LogP contribution < -0.4 is 10.6 Å². The minimum absolute atomic E-state index is 0.247. The van der Waals surface area contributed by atoms with E-state index in [0.717, 1.165) is 38.5 Å². The highest BCUT2D eigenvalue weighted by Gasteiger charge is 2.16. The fraction of sp³-hybridized carbons (Fsp3) is 0.938. The Morgan fingerprint density at radius 1 is 1.30 bits per heavy atom.